The van der Waals surface area contributed by atoms with E-state index in [1.165, 1.54) is 25.9 Å². The van der Waals surface area contributed by atoms with Gasteiger partial charge in [0.1, 0.15) is 5.82 Å². The number of piperidine rings is 1. The van der Waals surface area contributed by atoms with E-state index in [0.717, 1.165) is 29.5 Å². The highest BCUT2D eigenvalue weighted by Crippen LogP contribution is 2.18. The van der Waals surface area contributed by atoms with Gasteiger partial charge >= 0.3 is 0 Å². The van der Waals surface area contributed by atoms with Crippen LogP contribution in [0.1, 0.15) is 18.4 Å². The van der Waals surface area contributed by atoms with Crippen molar-refractivity contribution in [2.75, 3.05) is 37.7 Å². The lowest BCUT2D eigenvalue weighted by Gasteiger charge is -2.29. The lowest BCUT2D eigenvalue weighted by molar-refractivity contribution is 0.226. The summed E-state index contributed by atoms with van der Waals surface area (Å²) in [5.41, 5.74) is 7.60. The van der Waals surface area contributed by atoms with Crippen LogP contribution in [0.4, 0.5) is 11.5 Å². The highest BCUT2D eigenvalue weighted by Gasteiger charge is 2.16. The van der Waals surface area contributed by atoms with Gasteiger partial charge < -0.3 is 16.0 Å². The summed E-state index contributed by atoms with van der Waals surface area (Å²) in [6, 6.07) is 2.02. The first-order chi connectivity index (χ1) is 8.15. The molecule has 0 aromatic carbocycles. The third kappa shape index (κ3) is 3.33. The second-order valence-electron chi connectivity index (χ2n) is 5.05. The van der Waals surface area contributed by atoms with E-state index in [1.807, 2.05) is 13.0 Å². The van der Waals surface area contributed by atoms with Crippen molar-refractivity contribution >= 4 is 11.5 Å². The average Bonchev–Trinajstić information content (AvgIpc) is 2.33. The van der Waals surface area contributed by atoms with E-state index in [1.54, 1.807) is 6.20 Å². The SMILES string of the molecule is Cc1cc(NCC2CCN(C)CC2)ncc1N. The van der Waals surface area contributed by atoms with Gasteiger partial charge in [0.2, 0.25) is 0 Å². The molecule has 0 atom stereocenters. The normalized spacial score (nSPS) is 18.2. The van der Waals surface area contributed by atoms with Gasteiger partial charge in [-0.3, -0.25) is 0 Å². The maximum Gasteiger partial charge on any atom is 0.126 e. The Kier molecular flexibility index (Phi) is 3.84. The first-order valence-electron chi connectivity index (χ1n) is 6.29. The van der Waals surface area contributed by atoms with Gasteiger partial charge in [-0.05, 0) is 57.5 Å². The monoisotopic (exact) mass is 234 g/mol. The average molecular weight is 234 g/mol. The largest absolute Gasteiger partial charge is 0.397 e. The lowest BCUT2D eigenvalue weighted by Crippen LogP contribution is -2.33. The van der Waals surface area contributed by atoms with Gasteiger partial charge in [-0.1, -0.05) is 0 Å². The number of nitrogens with zero attached hydrogens (tertiary/aromatic N) is 2. The Morgan fingerprint density at radius 1 is 1.47 bits per heavy atom. The molecule has 4 nitrogen and oxygen atoms in total. The number of aryl methyl sites for hydroxylation is 1. The number of hydrogen-bond acceptors (Lipinski definition) is 4. The van der Waals surface area contributed by atoms with Gasteiger partial charge in [0.05, 0.1) is 11.9 Å². The van der Waals surface area contributed by atoms with Crippen molar-refractivity contribution in [1.82, 2.24) is 9.88 Å². The molecule has 17 heavy (non-hydrogen) atoms. The summed E-state index contributed by atoms with van der Waals surface area (Å²) in [5.74, 6) is 1.71. The Balaban J connectivity index is 1.83. The number of anilines is 2. The molecule has 94 valence electrons. The quantitative estimate of drug-likeness (QED) is 0.836. The van der Waals surface area contributed by atoms with E-state index in [2.05, 4.69) is 22.2 Å². The molecule has 4 heteroatoms. The highest BCUT2D eigenvalue weighted by molar-refractivity contribution is 5.50. The summed E-state index contributed by atoms with van der Waals surface area (Å²) in [5, 5.41) is 3.41. The molecule has 0 unspecified atom stereocenters. The molecule has 1 saturated heterocycles. The summed E-state index contributed by atoms with van der Waals surface area (Å²) < 4.78 is 0. The zero-order chi connectivity index (χ0) is 12.3. The maximum atomic E-state index is 5.75. The predicted molar refractivity (Wildman–Crippen MR) is 72.1 cm³/mol. The van der Waals surface area contributed by atoms with E-state index in [0.29, 0.717) is 0 Å². The molecule has 3 N–H and O–H groups in total. The van der Waals surface area contributed by atoms with E-state index in [-0.39, 0.29) is 0 Å². The smallest absolute Gasteiger partial charge is 0.126 e. The first kappa shape index (κ1) is 12.2. The fourth-order valence-electron chi connectivity index (χ4n) is 2.18. The molecule has 2 heterocycles. The van der Waals surface area contributed by atoms with Crippen molar-refractivity contribution in [3.8, 4) is 0 Å². The van der Waals surface area contributed by atoms with Crippen molar-refractivity contribution in [3.05, 3.63) is 17.8 Å². The molecular weight excluding hydrogens is 212 g/mol. The maximum absolute atomic E-state index is 5.75. The second kappa shape index (κ2) is 5.36. The molecule has 2 rings (SSSR count). The van der Waals surface area contributed by atoms with Crippen molar-refractivity contribution in [3.63, 3.8) is 0 Å². The highest BCUT2D eigenvalue weighted by atomic mass is 15.1. The summed E-state index contributed by atoms with van der Waals surface area (Å²) in [6.07, 6.45) is 4.28. The Morgan fingerprint density at radius 3 is 2.82 bits per heavy atom. The van der Waals surface area contributed by atoms with Crippen molar-refractivity contribution in [1.29, 1.82) is 0 Å². The molecule has 1 aromatic heterocycles. The van der Waals surface area contributed by atoms with Crippen LogP contribution in [0.15, 0.2) is 12.3 Å². The first-order valence-corrected chi connectivity index (χ1v) is 6.29. The molecule has 0 spiro atoms. The third-order valence-corrected chi connectivity index (χ3v) is 3.56. The van der Waals surface area contributed by atoms with Gasteiger partial charge in [0.15, 0.2) is 0 Å². The topological polar surface area (TPSA) is 54.2 Å². The molecule has 1 aliphatic heterocycles. The Bertz CT molecular complexity index is 370. The molecule has 0 aliphatic carbocycles. The van der Waals surface area contributed by atoms with Gasteiger partial charge in [0.25, 0.3) is 0 Å². The molecule has 1 aliphatic rings. The number of nitrogens with two attached hydrogens (primary N) is 1. The van der Waals surface area contributed by atoms with Crippen molar-refractivity contribution in [2.45, 2.75) is 19.8 Å². The zero-order valence-electron chi connectivity index (χ0n) is 10.7. The van der Waals surface area contributed by atoms with E-state index in [9.17, 15) is 0 Å². The van der Waals surface area contributed by atoms with Crippen LogP contribution in [-0.2, 0) is 0 Å². The van der Waals surface area contributed by atoms with Crippen LogP contribution in [0, 0.1) is 12.8 Å². The summed E-state index contributed by atoms with van der Waals surface area (Å²) in [6.45, 7) is 5.45. The van der Waals surface area contributed by atoms with Crippen molar-refractivity contribution in [2.24, 2.45) is 5.92 Å². The second-order valence-corrected chi connectivity index (χ2v) is 5.05. The zero-order valence-corrected chi connectivity index (χ0v) is 10.7. The summed E-state index contributed by atoms with van der Waals surface area (Å²) in [7, 11) is 2.19. The van der Waals surface area contributed by atoms with Gasteiger partial charge in [-0.2, -0.15) is 0 Å². The molecule has 0 amide bonds. The van der Waals surface area contributed by atoms with Gasteiger partial charge in [-0.15, -0.1) is 0 Å². The molecular formula is C13H22N4. The van der Waals surface area contributed by atoms with Crippen LogP contribution in [0.5, 0.6) is 0 Å². The molecule has 1 aromatic rings. The van der Waals surface area contributed by atoms with Crippen LogP contribution in [0.25, 0.3) is 0 Å². The fraction of sp³-hybridized carbons (Fsp3) is 0.615. The minimum atomic E-state index is 0.759. The third-order valence-electron chi connectivity index (χ3n) is 3.56. The van der Waals surface area contributed by atoms with Crippen LogP contribution in [0.2, 0.25) is 0 Å². The molecule has 1 fully saturated rings. The van der Waals surface area contributed by atoms with Crippen LogP contribution < -0.4 is 11.1 Å². The van der Waals surface area contributed by atoms with Crippen molar-refractivity contribution < 1.29 is 0 Å². The van der Waals surface area contributed by atoms with Crippen LogP contribution in [0.3, 0.4) is 0 Å². The lowest BCUT2D eigenvalue weighted by atomic mass is 9.97. The molecule has 0 bridgehead atoms. The minimum Gasteiger partial charge on any atom is -0.397 e. The number of rotatable bonds is 3. The number of hydrogen-bond donors (Lipinski definition) is 2. The fourth-order valence-corrected chi connectivity index (χ4v) is 2.18. The summed E-state index contributed by atoms with van der Waals surface area (Å²) >= 11 is 0. The number of nitrogens with one attached hydrogen (secondary N) is 1. The number of likely N-dealkylation sites (tertiary alicyclic amines) is 1. The van der Waals surface area contributed by atoms with E-state index < -0.39 is 0 Å². The Morgan fingerprint density at radius 2 is 2.18 bits per heavy atom. The number of nitrogen functional groups attached to an aromatic ring is 1. The number of aromatic nitrogens is 1. The van der Waals surface area contributed by atoms with Gasteiger partial charge in [-0.25, -0.2) is 4.98 Å². The van der Waals surface area contributed by atoms with Gasteiger partial charge in [0, 0.05) is 6.54 Å². The van der Waals surface area contributed by atoms with E-state index in [4.69, 9.17) is 5.73 Å². The predicted octanol–water partition coefficient (Wildman–Crippen LogP) is 1.73. The minimum absolute atomic E-state index is 0.759. The Hall–Kier alpha value is -1.29. The molecule has 0 radical (unpaired) electrons. The number of pyridine rings is 1. The summed E-state index contributed by atoms with van der Waals surface area (Å²) in [4.78, 5) is 6.68. The van der Waals surface area contributed by atoms with Crippen LogP contribution in [-0.4, -0.2) is 36.6 Å². The van der Waals surface area contributed by atoms with E-state index >= 15 is 0 Å². The Labute approximate surface area is 103 Å². The standard InChI is InChI=1S/C13H22N4/c1-10-7-13(16-9-12(10)14)15-8-11-3-5-17(2)6-4-11/h7,9,11H,3-6,8,14H2,1-2H3,(H,15,16). The molecule has 0 saturated carbocycles. The van der Waals surface area contributed by atoms with Crippen LogP contribution >= 0.6 is 0 Å².